The minimum atomic E-state index is -0.779. The predicted octanol–water partition coefficient (Wildman–Crippen LogP) is 3.77. The zero-order valence-electron chi connectivity index (χ0n) is 11.8. The van der Waals surface area contributed by atoms with Crippen molar-refractivity contribution >= 4 is 34.2 Å². The van der Waals surface area contributed by atoms with Crippen LogP contribution in [0.1, 0.15) is 0 Å². The molecule has 0 atom stereocenters. The maximum Gasteiger partial charge on any atom is 0.348 e. The second kappa shape index (κ2) is 5.69. The lowest BCUT2D eigenvalue weighted by atomic mass is 10.2. The molecule has 0 aliphatic rings. The number of imidazole rings is 1. The SMILES string of the molecule is CSc1ccc(-c2nc3cc([N+](=O)[O-])c([N+](=O)[O-])cc3[nH]2)cc1. The van der Waals surface area contributed by atoms with E-state index in [-0.39, 0.29) is 0 Å². The van der Waals surface area contributed by atoms with E-state index in [9.17, 15) is 20.2 Å². The van der Waals surface area contributed by atoms with E-state index >= 15 is 0 Å². The minimum Gasteiger partial charge on any atom is -0.338 e. The van der Waals surface area contributed by atoms with Crippen LogP contribution in [0.4, 0.5) is 11.4 Å². The lowest BCUT2D eigenvalue weighted by Crippen LogP contribution is -1.96. The first-order valence-corrected chi connectivity index (χ1v) is 7.69. The lowest BCUT2D eigenvalue weighted by molar-refractivity contribution is -0.422. The van der Waals surface area contributed by atoms with Crippen LogP contribution < -0.4 is 0 Å². The van der Waals surface area contributed by atoms with Crippen LogP contribution in [0.25, 0.3) is 22.4 Å². The van der Waals surface area contributed by atoms with E-state index in [2.05, 4.69) is 9.97 Å². The number of fused-ring (bicyclic) bond motifs is 1. The zero-order valence-corrected chi connectivity index (χ0v) is 12.7. The quantitative estimate of drug-likeness (QED) is 0.442. The van der Waals surface area contributed by atoms with Gasteiger partial charge in [0, 0.05) is 16.5 Å². The van der Waals surface area contributed by atoms with Crippen molar-refractivity contribution in [3.63, 3.8) is 0 Å². The van der Waals surface area contributed by atoms with Gasteiger partial charge in [0.1, 0.15) is 5.82 Å². The molecule has 0 amide bonds. The summed E-state index contributed by atoms with van der Waals surface area (Å²) in [7, 11) is 0. The van der Waals surface area contributed by atoms with Gasteiger partial charge < -0.3 is 4.98 Å². The predicted molar refractivity (Wildman–Crippen MR) is 86.6 cm³/mol. The molecule has 3 aromatic rings. The summed E-state index contributed by atoms with van der Waals surface area (Å²) in [5.74, 6) is 0.502. The Kier molecular flexibility index (Phi) is 3.70. The molecule has 0 aliphatic carbocycles. The maximum absolute atomic E-state index is 11.0. The summed E-state index contributed by atoms with van der Waals surface area (Å²) in [6.07, 6.45) is 1.97. The number of aromatic amines is 1. The van der Waals surface area contributed by atoms with Gasteiger partial charge in [-0.1, -0.05) is 12.1 Å². The second-order valence-electron chi connectivity index (χ2n) is 4.69. The van der Waals surface area contributed by atoms with E-state index in [1.54, 1.807) is 11.8 Å². The van der Waals surface area contributed by atoms with Crippen molar-refractivity contribution in [2.45, 2.75) is 4.90 Å². The first-order chi connectivity index (χ1) is 11.0. The van der Waals surface area contributed by atoms with E-state index in [0.717, 1.165) is 22.6 Å². The Balaban J connectivity index is 2.14. The molecule has 1 N–H and O–H groups in total. The minimum absolute atomic E-state index is 0.311. The molecule has 0 fully saturated rings. The second-order valence-corrected chi connectivity index (χ2v) is 5.57. The Morgan fingerprint density at radius 2 is 1.65 bits per heavy atom. The normalized spacial score (nSPS) is 10.8. The molecule has 3 rings (SSSR count). The molecule has 0 radical (unpaired) electrons. The van der Waals surface area contributed by atoms with Crippen LogP contribution in [0.5, 0.6) is 0 Å². The summed E-state index contributed by atoms with van der Waals surface area (Å²) in [5.41, 5.74) is 0.357. The zero-order chi connectivity index (χ0) is 16.6. The van der Waals surface area contributed by atoms with Crippen LogP contribution in [0.3, 0.4) is 0 Å². The smallest absolute Gasteiger partial charge is 0.338 e. The summed E-state index contributed by atoms with van der Waals surface area (Å²) in [4.78, 5) is 28.8. The van der Waals surface area contributed by atoms with Crippen molar-refractivity contribution in [1.29, 1.82) is 0 Å². The third-order valence-corrected chi connectivity index (χ3v) is 4.08. The fourth-order valence-electron chi connectivity index (χ4n) is 2.21. The number of thioether (sulfide) groups is 1. The molecule has 0 unspecified atom stereocenters. The van der Waals surface area contributed by atoms with Crippen LogP contribution in [0.15, 0.2) is 41.3 Å². The number of rotatable bonds is 4. The Bertz CT molecular complexity index is 869. The topological polar surface area (TPSA) is 115 Å². The molecule has 0 spiro atoms. The van der Waals surface area contributed by atoms with Crippen LogP contribution in [-0.4, -0.2) is 26.1 Å². The summed E-state index contributed by atoms with van der Waals surface area (Å²) in [6, 6.07) is 9.85. The van der Waals surface area contributed by atoms with E-state index in [1.165, 1.54) is 0 Å². The average Bonchev–Trinajstić information content (AvgIpc) is 2.96. The highest BCUT2D eigenvalue weighted by atomic mass is 32.2. The summed E-state index contributed by atoms with van der Waals surface area (Å²) < 4.78 is 0. The Labute approximate surface area is 133 Å². The Morgan fingerprint density at radius 3 is 2.22 bits per heavy atom. The molecule has 0 saturated heterocycles. The number of H-pyrrole nitrogens is 1. The first-order valence-electron chi connectivity index (χ1n) is 6.46. The Morgan fingerprint density at radius 1 is 1.04 bits per heavy atom. The molecule has 9 heteroatoms. The summed E-state index contributed by atoms with van der Waals surface area (Å²) >= 11 is 1.61. The molecule has 2 aromatic carbocycles. The molecule has 23 heavy (non-hydrogen) atoms. The molecular formula is C14H10N4O4S. The highest BCUT2D eigenvalue weighted by Crippen LogP contribution is 2.32. The van der Waals surface area contributed by atoms with E-state index in [4.69, 9.17) is 0 Å². The highest BCUT2D eigenvalue weighted by molar-refractivity contribution is 7.98. The van der Waals surface area contributed by atoms with Crippen molar-refractivity contribution in [3.05, 3.63) is 56.6 Å². The summed E-state index contributed by atoms with van der Waals surface area (Å²) in [5, 5.41) is 22.0. The van der Waals surface area contributed by atoms with E-state index in [1.807, 2.05) is 30.5 Å². The third kappa shape index (κ3) is 2.73. The third-order valence-electron chi connectivity index (χ3n) is 3.34. The van der Waals surface area contributed by atoms with Crippen molar-refractivity contribution in [1.82, 2.24) is 9.97 Å². The van der Waals surface area contributed by atoms with Crippen LogP contribution in [0.2, 0.25) is 0 Å². The molecule has 0 bridgehead atoms. The summed E-state index contributed by atoms with van der Waals surface area (Å²) in [6.45, 7) is 0. The van der Waals surface area contributed by atoms with E-state index < -0.39 is 21.2 Å². The van der Waals surface area contributed by atoms with Gasteiger partial charge in [0.2, 0.25) is 0 Å². The number of benzene rings is 2. The average molecular weight is 330 g/mol. The van der Waals surface area contributed by atoms with Gasteiger partial charge in [-0.2, -0.15) is 0 Å². The molecule has 0 saturated carbocycles. The van der Waals surface area contributed by atoms with Gasteiger partial charge >= 0.3 is 11.4 Å². The van der Waals surface area contributed by atoms with Gasteiger partial charge in [0.15, 0.2) is 0 Å². The van der Waals surface area contributed by atoms with Crippen molar-refractivity contribution in [2.75, 3.05) is 6.26 Å². The number of nitro groups is 2. The highest BCUT2D eigenvalue weighted by Gasteiger charge is 2.26. The van der Waals surface area contributed by atoms with Gasteiger partial charge in [-0.3, -0.25) is 20.2 Å². The largest absolute Gasteiger partial charge is 0.348 e. The number of nitrogens with one attached hydrogen (secondary N) is 1. The standard InChI is InChI=1S/C14H10N4O4S/c1-23-9-4-2-8(3-5-9)14-15-10-6-12(17(19)20)13(18(21)22)7-11(10)16-14/h2-7H,1H3,(H,15,16). The van der Waals surface area contributed by atoms with Crippen LogP contribution in [0, 0.1) is 20.2 Å². The van der Waals surface area contributed by atoms with Crippen molar-refractivity contribution in [3.8, 4) is 11.4 Å². The lowest BCUT2D eigenvalue weighted by Gasteiger charge is -1.98. The Hall–Kier alpha value is -2.94. The van der Waals surface area contributed by atoms with Gasteiger partial charge in [0.05, 0.1) is 26.9 Å². The van der Waals surface area contributed by atoms with Crippen LogP contribution >= 0.6 is 11.8 Å². The van der Waals surface area contributed by atoms with Crippen molar-refractivity contribution in [2.24, 2.45) is 0 Å². The first kappa shape index (κ1) is 15.0. The van der Waals surface area contributed by atoms with Gasteiger partial charge in [-0.25, -0.2) is 4.98 Å². The fraction of sp³-hybridized carbons (Fsp3) is 0.0714. The number of hydrogen-bond donors (Lipinski definition) is 1. The number of hydrogen-bond acceptors (Lipinski definition) is 6. The molecule has 1 aromatic heterocycles. The monoisotopic (exact) mass is 330 g/mol. The van der Waals surface area contributed by atoms with Gasteiger partial charge in [-0.05, 0) is 18.4 Å². The number of nitrogens with zero attached hydrogens (tertiary/aromatic N) is 3. The van der Waals surface area contributed by atoms with Crippen LogP contribution in [-0.2, 0) is 0 Å². The van der Waals surface area contributed by atoms with Crippen molar-refractivity contribution < 1.29 is 9.85 Å². The fourth-order valence-corrected chi connectivity index (χ4v) is 2.62. The molecule has 0 aliphatic heterocycles. The van der Waals surface area contributed by atoms with Gasteiger partial charge in [0.25, 0.3) is 0 Å². The number of nitro benzene ring substituents is 2. The molecule has 1 heterocycles. The molecular weight excluding hydrogens is 320 g/mol. The molecule has 8 nitrogen and oxygen atoms in total. The maximum atomic E-state index is 11.0. The molecule has 116 valence electrons. The van der Waals surface area contributed by atoms with E-state index in [0.29, 0.717) is 16.9 Å². The van der Waals surface area contributed by atoms with Gasteiger partial charge in [-0.15, -0.1) is 11.8 Å². The number of aromatic nitrogens is 2.